The summed E-state index contributed by atoms with van der Waals surface area (Å²) in [4.78, 5) is 0. The Morgan fingerprint density at radius 2 is 1.86 bits per heavy atom. The minimum atomic E-state index is -0.154. The van der Waals surface area contributed by atoms with Crippen molar-refractivity contribution in [2.24, 2.45) is 0 Å². The molecule has 2 rings (SSSR count). The molecule has 1 unspecified atom stereocenters. The maximum absolute atomic E-state index is 13.4. The van der Waals surface area contributed by atoms with Gasteiger partial charge < -0.3 is 5.32 Å². The highest BCUT2D eigenvalue weighted by molar-refractivity contribution is 5.20. The SMILES string of the molecule is CCCNC(CCCc1ccccc1)c1cccc(F)c1. The summed E-state index contributed by atoms with van der Waals surface area (Å²) < 4.78 is 13.4. The second-order valence-electron chi connectivity index (χ2n) is 5.44. The Morgan fingerprint density at radius 3 is 2.57 bits per heavy atom. The van der Waals surface area contributed by atoms with Gasteiger partial charge in [0.15, 0.2) is 0 Å². The van der Waals surface area contributed by atoms with E-state index in [9.17, 15) is 4.39 Å². The average Bonchev–Trinajstić information content (AvgIpc) is 2.51. The number of halogens is 1. The van der Waals surface area contributed by atoms with Gasteiger partial charge in [0.25, 0.3) is 0 Å². The minimum Gasteiger partial charge on any atom is -0.310 e. The number of benzene rings is 2. The molecule has 112 valence electrons. The zero-order valence-electron chi connectivity index (χ0n) is 12.7. The van der Waals surface area contributed by atoms with Crippen molar-refractivity contribution in [3.8, 4) is 0 Å². The summed E-state index contributed by atoms with van der Waals surface area (Å²) in [6.07, 6.45) is 4.28. The third-order valence-electron chi connectivity index (χ3n) is 3.69. The molecule has 0 fully saturated rings. The van der Waals surface area contributed by atoms with Gasteiger partial charge in [0.1, 0.15) is 5.82 Å². The molecule has 2 aromatic carbocycles. The Bertz CT molecular complexity index is 524. The maximum Gasteiger partial charge on any atom is 0.123 e. The van der Waals surface area contributed by atoms with Crippen LogP contribution < -0.4 is 5.32 Å². The standard InChI is InChI=1S/C19H24FN/c1-2-14-21-19(17-11-7-12-18(20)15-17)13-6-10-16-8-4-3-5-9-16/h3-5,7-9,11-12,15,19,21H,2,6,10,13-14H2,1H3. The Kier molecular flexibility index (Phi) is 6.42. The van der Waals surface area contributed by atoms with Gasteiger partial charge in [-0.25, -0.2) is 4.39 Å². The molecule has 1 atom stereocenters. The minimum absolute atomic E-state index is 0.154. The third-order valence-corrected chi connectivity index (χ3v) is 3.69. The lowest BCUT2D eigenvalue weighted by Gasteiger charge is -2.19. The summed E-state index contributed by atoms with van der Waals surface area (Å²) in [6.45, 7) is 3.12. The molecular formula is C19H24FN. The van der Waals surface area contributed by atoms with Gasteiger partial charge in [0.2, 0.25) is 0 Å². The fourth-order valence-corrected chi connectivity index (χ4v) is 2.58. The van der Waals surface area contributed by atoms with E-state index in [0.717, 1.165) is 37.8 Å². The zero-order valence-corrected chi connectivity index (χ0v) is 12.7. The van der Waals surface area contributed by atoms with E-state index in [0.29, 0.717) is 0 Å². The van der Waals surface area contributed by atoms with Crippen LogP contribution in [0.2, 0.25) is 0 Å². The van der Waals surface area contributed by atoms with Crippen LogP contribution in [0.15, 0.2) is 54.6 Å². The van der Waals surface area contributed by atoms with Crippen LogP contribution in [0.1, 0.15) is 43.4 Å². The molecule has 21 heavy (non-hydrogen) atoms. The van der Waals surface area contributed by atoms with Gasteiger partial charge in [-0.3, -0.25) is 0 Å². The molecule has 1 nitrogen and oxygen atoms in total. The zero-order chi connectivity index (χ0) is 14.9. The lowest BCUT2D eigenvalue weighted by Crippen LogP contribution is -2.22. The highest BCUT2D eigenvalue weighted by Gasteiger charge is 2.11. The van der Waals surface area contributed by atoms with Gasteiger partial charge in [0.05, 0.1) is 0 Å². The van der Waals surface area contributed by atoms with E-state index in [1.54, 1.807) is 12.1 Å². The van der Waals surface area contributed by atoms with Crippen molar-refractivity contribution in [1.29, 1.82) is 0 Å². The lowest BCUT2D eigenvalue weighted by molar-refractivity contribution is 0.481. The average molecular weight is 285 g/mol. The van der Waals surface area contributed by atoms with Gasteiger partial charge in [-0.2, -0.15) is 0 Å². The first-order valence-electron chi connectivity index (χ1n) is 7.82. The summed E-state index contributed by atoms with van der Waals surface area (Å²) in [5.74, 6) is -0.154. The Morgan fingerprint density at radius 1 is 1.05 bits per heavy atom. The molecule has 0 heterocycles. The van der Waals surface area contributed by atoms with Crippen LogP contribution in [0.25, 0.3) is 0 Å². The van der Waals surface area contributed by atoms with Gasteiger partial charge >= 0.3 is 0 Å². The molecule has 0 aromatic heterocycles. The lowest BCUT2D eigenvalue weighted by atomic mass is 9.99. The van der Waals surface area contributed by atoms with E-state index < -0.39 is 0 Å². The van der Waals surface area contributed by atoms with Gasteiger partial charge in [-0.05, 0) is 55.5 Å². The van der Waals surface area contributed by atoms with Crippen molar-refractivity contribution in [3.05, 3.63) is 71.5 Å². The van der Waals surface area contributed by atoms with Crippen LogP contribution in [-0.2, 0) is 6.42 Å². The summed E-state index contributed by atoms with van der Waals surface area (Å²) in [5.41, 5.74) is 2.42. The fraction of sp³-hybridized carbons (Fsp3) is 0.368. The second-order valence-corrected chi connectivity index (χ2v) is 5.44. The smallest absolute Gasteiger partial charge is 0.123 e. The molecule has 0 amide bonds. The van der Waals surface area contributed by atoms with Crippen LogP contribution in [0.5, 0.6) is 0 Å². The number of nitrogens with one attached hydrogen (secondary N) is 1. The summed E-state index contributed by atoms with van der Waals surface area (Å²) >= 11 is 0. The maximum atomic E-state index is 13.4. The molecular weight excluding hydrogens is 261 g/mol. The normalized spacial score (nSPS) is 12.3. The van der Waals surface area contributed by atoms with Crippen molar-refractivity contribution >= 4 is 0 Å². The molecule has 0 saturated heterocycles. The molecule has 1 N–H and O–H groups in total. The van der Waals surface area contributed by atoms with Crippen molar-refractivity contribution in [3.63, 3.8) is 0 Å². The Labute approximate surface area is 127 Å². The Hall–Kier alpha value is -1.67. The molecule has 0 radical (unpaired) electrons. The quantitative estimate of drug-likeness (QED) is 0.728. The predicted octanol–water partition coefficient (Wildman–Crippen LogP) is 4.89. The molecule has 2 aromatic rings. The first-order valence-corrected chi connectivity index (χ1v) is 7.82. The van der Waals surface area contributed by atoms with E-state index in [1.807, 2.05) is 12.1 Å². The van der Waals surface area contributed by atoms with Crippen LogP contribution in [0, 0.1) is 5.82 Å². The molecule has 0 bridgehead atoms. The van der Waals surface area contributed by atoms with E-state index in [1.165, 1.54) is 11.6 Å². The number of rotatable bonds is 8. The molecule has 0 aliphatic heterocycles. The summed E-state index contributed by atoms with van der Waals surface area (Å²) in [5, 5.41) is 3.53. The van der Waals surface area contributed by atoms with Crippen LogP contribution >= 0.6 is 0 Å². The summed E-state index contributed by atoms with van der Waals surface area (Å²) in [7, 11) is 0. The monoisotopic (exact) mass is 285 g/mol. The highest BCUT2D eigenvalue weighted by Crippen LogP contribution is 2.20. The molecule has 0 saturated carbocycles. The van der Waals surface area contributed by atoms with Crippen LogP contribution in [0.3, 0.4) is 0 Å². The predicted molar refractivity (Wildman–Crippen MR) is 86.8 cm³/mol. The van der Waals surface area contributed by atoms with Crippen LogP contribution in [0.4, 0.5) is 4.39 Å². The van der Waals surface area contributed by atoms with Crippen molar-refractivity contribution in [2.75, 3.05) is 6.54 Å². The summed E-state index contributed by atoms with van der Waals surface area (Å²) in [6, 6.07) is 17.7. The highest BCUT2D eigenvalue weighted by atomic mass is 19.1. The van der Waals surface area contributed by atoms with E-state index in [2.05, 4.69) is 36.5 Å². The number of aryl methyl sites for hydroxylation is 1. The van der Waals surface area contributed by atoms with Gasteiger partial charge in [-0.15, -0.1) is 0 Å². The molecule has 0 aliphatic carbocycles. The Balaban J connectivity index is 1.93. The molecule has 2 heteroatoms. The van der Waals surface area contributed by atoms with Crippen LogP contribution in [-0.4, -0.2) is 6.54 Å². The van der Waals surface area contributed by atoms with E-state index in [4.69, 9.17) is 0 Å². The number of hydrogen-bond donors (Lipinski definition) is 1. The largest absolute Gasteiger partial charge is 0.310 e. The van der Waals surface area contributed by atoms with E-state index in [-0.39, 0.29) is 11.9 Å². The third kappa shape index (κ3) is 5.31. The van der Waals surface area contributed by atoms with Gasteiger partial charge in [-0.1, -0.05) is 49.4 Å². The first kappa shape index (κ1) is 15.7. The number of hydrogen-bond acceptors (Lipinski definition) is 1. The first-order chi connectivity index (χ1) is 10.3. The van der Waals surface area contributed by atoms with Gasteiger partial charge in [0, 0.05) is 6.04 Å². The topological polar surface area (TPSA) is 12.0 Å². The van der Waals surface area contributed by atoms with Crippen molar-refractivity contribution in [1.82, 2.24) is 5.32 Å². The molecule has 0 spiro atoms. The second kappa shape index (κ2) is 8.58. The van der Waals surface area contributed by atoms with E-state index >= 15 is 0 Å². The molecule has 0 aliphatic rings. The fourth-order valence-electron chi connectivity index (χ4n) is 2.58. The van der Waals surface area contributed by atoms with Crippen molar-refractivity contribution < 1.29 is 4.39 Å². The van der Waals surface area contributed by atoms with Crippen molar-refractivity contribution in [2.45, 2.75) is 38.6 Å².